The van der Waals surface area contributed by atoms with Crippen molar-refractivity contribution in [2.75, 3.05) is 27.7 Å². The Balaban J connectivity index is 3.12. The number of hydrogen-bond donors (Lipinski definition) is 0. The maximum Gasteiger partial charge on any atom is 0.0878 e. The summed E-state index contributed by atoms with van der Waals surface area (Å²) in [6.45, 7) is 5.84. The van der Waals surface area contributed by atoms with Gasteiger partial charge in [0.05, 0.1) is 27.7 Å². The Morgan fingerprint density at radius 3 is 1.78 bits per heavy atom. The van der Waals surface area contributed by atoms with E-state index in [4.69, 9.17) is 0 Å². The van der Waals surface area contributed by atoms with Gasteiger partial charge in [0.2, 0.25) is 0 Å². The largest absolute Gasteiger partial charge is 0.330 e. The fourth-order valence-electron chi connectivity index (χ4n) is 3.32. The van der Waals surface area contributed by atoms with Gasteiger partial charge in [-0.3, -0.25) is 0 Å². The lowest BCUT2D eigenvalue weighted by molar-refractivity contribution is -0.875. The number of quaternary nitrogens is 1. The predicted octanol–water partition coefficient (Wildman–Crippen LogP) is 4.23. The van der Waals surface area contributed by atoms with E-state index in [1.807, 2.05) is 0 Å². The molecule has 0 aliphatic rings. The van der Waals surface area contributed by atoms with Crippen molar-refractivity contribution in [1.29, 1.82) is 0 Å². The molecule has 0 bridgehead atoms. The zero-order valence-corrected chi connectivity index (χ0v) is 12.9. The van der Waals surface area contributed by atoms with Crippen LogP contribution in [0.15, 0.2) is 30.3 Å². The molecule has 0 fully saturated rings. The van der Waals surface area contributed by atoms with Crippen LogP contribution >= 0.6 is 0 Å². The van der Waals surface area contributed by atoms with Crippen LogP contribution in [0.2, 0.25) is 0 Å². The van der Waals surface area contributed by atoms with Crippen LogP contribution in [0.1, 0.15) is 45.1 Å². The minimum Gasteiger partial charge on any atom is -0.330 e. The number of rotatable bonds is 7. The Hall–Kier alpha value is -0.820. The lowest BCUT2D eigenvalue weighted by Crippen LogP contribution is -2.47. The van der Waals surface area contributed by atoms with Crippen molar-refractivity contribution in [3.05, 3.63) is 35.9 Å². The first-order valence-electron chi connectivity index (χ1n) is 7.29. The molecule has 0 N–H and O–H groups in total. The van der Waals surface area contributed by atoms with E-state index in [0.717, 1.165) is 4.48 Å². The van der Waals surface area contributed by atoms with E-state index in [1.54, 1.807) is 0 Å². The topological polar surface area (TPSA) is 0 Å². The zero-order chi connectivity index (χ0) is 13.6. The van der Waals surface area contributed by atoms with Crippen molar-refractivity contribution in [2.24, 2.45) is 0 Å². The van der Waals surface area contributed by atoms with Gasteiger partial charge in [-0.1, -0.05) is 57.0 Å². The van der Waals surface area contributed by atoms with E-state index in [-0.39, 0.29) is 0 Å². The van der Waals surface area contributed by atoms with Crippen molar-refractivity contribution in [2.45, 2.75) is 44.9 Å². The maximum absolute atomic E-state index is 2.32. The highest BCUT2D eigenvalue weighted by Gasteiger charge is 2.35. The standard InChI is InChI=1S/C17H30N/c1-6-13-17(14-7-2,15-18(3,4)5)16-11-9-8-10-12-16/h8-12H,6-7,13-15H2,1-5H3/q+1. The molecule has 0 amide bonds. The molecular formula is C17H30N+. The van der Waals surface area contributed by atoms with Gasteiger partial charge in [0, 0.05) is 5.41 Å². The molecule has 1 heteroatoms. The van der Waals surface area contributed by atoms with Gasteiger partial charge in [-0.2, -0.15) is 0 Å². The van der Waals surface area contributed by atoms with Crippen LogP contribution in [0.5, 0.6) is 0 Å². The van der Waals surface area contributed by atoms with Crippen LogP contribution < -0.4 is 0 Å². The second kappa shape index (κ2) is 6.38. The third kappa shape index (κ3) is 4.13. The smallest absolute Gasteiger partial charge is 0.0878 e. The van der Waals surface area contributed by atoms with Crippen LogP contribution in [-0.2, 0) is 5.41 Å². The van der Waals surface area contributed by atoms with Gasteiger partial charge < -0.3 is 4.48 Å². The molecule has 0 heterocycles. The minimum atomic E-state index is 0.350. The van der Waals surface area contributed by atoms with E-state index >= 15 is 0 Å². The van der Waals surface area contributed by atoms with Crippen molar-refractivity contribution in [3.63, 3.8) is 0 Å². The Morgan fingerprint density at radius 2 is 1.39 bits per heavy atom. The van der Waals surface area contributed by atoms with Gasteiger partial charge in [0.15, 0.2) is 0 Å². The summed E-state index contributed by atoms with van der Waals surface area (Å²) >= 11 is 0. The monoisotopic (exact) mass is 248 g/mol. The lowest BCUT2D eigenvalue weighted by atomic mass is 9.72. The fraction of sp³-hybridized carbons (Fsp3) is 0.647. The third-order valence-corrected chi connectivity index (χ3v) is 3.62. The molecular weight excluding hydrogens is 218 g/mol. The van der Waals surface area contributed by atoms with Gasteiger partial charge in [0.1, 0.15) is 0 Å². The van der Waals surface area contributed by atoms with Crippen molar-refractivity contribution >= 4 is 0 Å². The van der Waals surface area contributed by atoms with Gasteiger partial charge in [-0.15, -0.1) is 0 Å². The molecule has 102 valence electrons. The summed E-state index contributed by atoms with van der Waals surface area (Å²) in [4.78, 5) is 0. The van der Waals surface area contributed by atoms with E-state index in [2.05, 4.69) is 65.3 Å². The molecule has 18 heavy (non-hydrogen) atoms. The Labute approximate surface area is 113 Å². The Kier molecular flexibility index (Phi) is 5.40. The normalized spacial score (nSPS) is 12.7. The quantitative estimate of drug-likeness (QED) is 0.633. The summed E-state index contributed by atoms with van der Waals surface area (Å²) in [6, 6.07) is 11.1. The number of hydrogen-bond acceptors (Lipinski definition) is 0. The molecule has 1 aromatic carbocycles. The summed E-state index contributed by atoms with van der Waals surface area (Å²) in [5.74, 6) is 0. The first kappa shape index (κ1) is 15.2. The Morgan fingerprint density at radius 1 is 0.889 bits per heavy atom. The van der Waals surface area contributed by atoms with Crippen LogP contribution in [0.25, 0.3) is 0 Å². The molecule has 0 aliphatic carbocycles. The molecule has 0 aromatic heterocycles. The summed E-state index contributed by atoms with van der Waals surface area (Å²) in [7, 11) is 6.93. The van der Waals surface area contributed by atoms with Crippen LogP contribution in [-0.4, -0.2) is 32.2 Å². The SMILES string of the molecule is CCCC(CCC)(C[N+](C)(C)C)c1ccccc1. The van der Waals surface area contributed by atoms with E-state index < -0.39 is 0 Å². The second-order valence-electron chi connectivity index (χ2n) is 6.59. The second-order valence-corrected chi connectivity index (χ2v) is 6.59. The first-order valence-corrected chi connectivity index (χ1v) is 7.29. The van der Waals surface area contributed by atoms with Crippen LogP contribution in [0, 0.1) is 0 Å². The molecule has 0 saturated heterocycles. The molecule has 0 atom stereocenters. The van der Waals surface area contributed by atoms with Crippen LogP contribution in [0.4, 0.5) is 0 Å². The van der Waals surface area contributed by atoms with Gasteiger partial charge in [-0.25, -0.2) is 0 Å². The third-order valence-electron chi connectivity index (χ3n) is 3.62. The highest BCUT2D eigenvalue weighted by Crippen LogP contribution is 2.36. The zero-order valence-electron chi connectivity index (χ0n) is 12.9. The molecule has 0 spiro atoms. The summed E-state index contributed by atoms with van der Waals surface area (Å²) in [6.07, 6.45) is 5.10. The molecule has 0 radical (unpaired) electrons. The summed E-state index contributed by atoms with van der Waals surface area (Å²) in [5, 5.41) is 0. The Bertz CT molecular complexity index is 328. The molecule has 1 rings (SSSR count). The van der Waals surface area contributed by atoms with Crippen LogP contribution in [0.3, 0.4) is 0 Å². The fourth-order valence-corrected chi connectivity index (χ4v) is 3.32. The summed E-state index contributed by atoms with van der Waals surface area (Å²) in [5.41, 5.74) is 1.88. The number of nitrogens with zero attached hydrogens (tertiary/aromatic N) is 1. The van der Waals surface area contributed by atoms with Gasteiger partial charge >= 0.3 is 0 Å². The molecule has 0 unspecified atom stereocenters. The molecule has 0 aliphatic heterocycles. The minimum absolute atomic E-state index is 0.350. The first-order chi connectivity index (χ1) is 8.43. The van der Waals surface area contributed by atoms with Crippen molar-refractivity contribution in [3.8, 4) is 0 Å². The maximum atomic E-state index is 2.32. The average Bonchev–Trinajstić information content (AvgIpc) is 2.28. The van der Waals surface area contributed by atoms with Crippen molar-refractivity contribution < 1.29 is 4.48 Å². The van der Waals surface area contributed by atoms with Crippen molar-refractivity contribution in [1.82, 2.24) is 0 Å². The van der Waals surface area contributed by atoms with E-state index in [0.29, 0.717) is 5.41 Å². The highest BCUT2D eigenvalue weighted by molar-refractivity contribution is 5.25. The molecule has 1 nitrogen and oxygen atoms in total. The number of benzene rings is 1. The lowest BCUT2D eigenvalue weighted by Gasteiger charge is -2.40. The van der Waals surface area contributed by atoms with Gasteiger partial charge in [0.25, 0.3) is 0 Å². The average molecular weight is 248 g/mol. The summed E-state index contributed by atoms with van der Waals surface area (Å²) < 4.78 is 1.04. The van der Waals surface area contributed by atoms with E-state index in [9.17, 15) is 0 Å². The number of likely N-dealkylation sites (N-methyl/N-ethyl adjacent to an activating group) is 1. The molecule has 1 aromatic rings. The van der Waals surface area contributed by atoms with Gasteiger partial charge in [-0.05, 0) is 18.4 Å². The predicted molar refractivity (Wildman–Crippen MR) is 80.8 cm³/mol. The van der Waals surface area contributed by atoms with E-state index in [1.165, 1.54) is 37.8 Å². The molecule has 0 saturated carbocycles. The highest BCUT2D eigenvalue weighted by atomic mass is 15.3.